The van der Waals surface area contributed by atoms with E-state index in [1.165, 1.54) is 12.1 Å². The van der Waals surface area contributed by atoms with Crippen molar-refractivity contribution in [3.8, 4) is 0 Å². The number of methoxy groups -OCH3 is 1. The Labute approximate surface area is 120 Å². The highest BCUT2D eigenvalue weighted by molar-refractivity contribution is 9.10. The maximum atomic E-state index is 12.9. The van der Waals surface area contributed by atoms with Gasteiger partial charge in [-0.25, -0.2) is 4.39 Å². The number of ether oxygens (including phenoxy) is 1. The van der Waals surface area contributed by atoms with Crippen molar-refractivity contribution in [3.05, 3.63) is 28.5 Å². The summed E-state index contributed by atoms with van der Waals surface area (Å²) >= 11 is 8.47. The van der Waals surface area contributed by atoms with Crippen LogP contribution in [-0.4, -0.2) is 24.9 Å². The molecule has 0 aliphatic rings. The zero-order chi connectivity index (χ0) is 13.5. The maximum absolute atomic E-state index is 12.9. The molecule has 6 heteroatoms. The molecule has 1 aromatic rings. The number of thiocarbonyl (C=S) groups is 1. The average molecular weight is 335 g/mol. The molecule has 100 valence electrons. The van der Waals surface area contributed by atoms with Gasteiger partial charge in [0.25, 0.3) is 0 Å². The number of benzene rings is 1. The Morgan fingerprint density at radius 2 is 2.28 bits per heavy atom. The Kier molecular flexibility index (Phi) is 6.52. The van der Waals surface area contributed by atoms with Crippen molar-refractivity contribution in [3.63, 3.8) is 0 Å². The molecular formula is C12H16BrFN2OS. The highest BCUT2D eigenvalue weighted by Gasteiger charge is 2.08. The molecule has 1 unspecified atom stereocenters. The number of rotatable bonds is 5. The van der Waals surface area contributed by atoms with E-state index in [4.69, 9.17) is 17.0 Å². The Morgan fingerprint density at radius 3 is 2.83 bits per heavy atom. The van der Waals surface area contributed by atoms with Crippen LogP contribution >= 0.6 is 28.1 Å². The minimum atomic E-state index is -0.294. The first kappa shape index (κ1) is 15.3. The average Bonchev–Trinajstić information content (AvgIpc) is 2.32. The van der Waals surface area contributed by atoms with Crippen LogP contribution in [0.15, 0.2) is 22.7 Å². The molecule has 0 amide bonds. The van der Waals surface area contributed by atoms with Crippen LogP contribution < -0.4 is 10.6 Å². The molecule has 1 aromatic carbocycles. The van der Waals surface area contributed by atoms with E-state index in [1.807, 2.05) is 6.92 Å². The van der Waals surface area contributed by atoms with Gasteiger partial charge in [0.15, 0.2) is 5.11 Å². The summed E-state index contributed by atoms with van der Waals surface area (Å²) < 4.78 is 18.6. The molecule has 1 atom stereocenters. The van der Waals surface area contributed by atoms with Gasteiger partial charge in [-0.05, 0) is 52.8 Å². The van der Waals surface area contributed by atoms with Gasteiger partial charge in [-0.1, -0.05) is 6.92 Å². The fourth-order valence-electron chi connectivity index (χ4n) is 1.40. The molecule has 0 aromatic heterocycles. The molecule has 0 aliphatic heterocycles. The van der Waals surface area contributed by atoms with E-state index in [0.29, 0.717) is 16.2 Å². The fourth-order valence-corrected chi connectivity index (χ4v) is 2.12. The van der Waals surface area contributed by atoms with Gasteiger partial charge in [-0.2, -0.15) is 0 Å². The van der Waals surface area contributed by atoms with E-state index >= 15 is 0 Å². The van der Waals surface area contributed by atoms with Crippen LogP contribution in [-0.2, 0) is 4.74 Å². The first-order valence-corrected chi connectivity index (χ1v) is 6.78. The second-order valence-corrected chi connectivity index (χ2v) is 5.05. The van der Waals surface area contributed by atoms with Crippen LogP contribution in [0.5, 0.6) is 0 Å². The molecule has 2 N–H and O–H groups in total. The number of hydrogen-bond donors (Lipinski definition) is 2. The zero-order valence-electron chi connectivity index (χ0n) is 10.3. The fraction of sp³-hybridized carbons (Fsp3) is 0.417. The van der Waals surface area contributed by atoms with E-state index < -0.39 is 0 Å². The number of anilines is 1. The lowest BCUT2D eigenvalue weighted by Gasteiger charge is -2.19. The lowest BCUT2D eigenvalue weighted by atomic mass is 10.2. The van der Waals surface area contributed by atoms with Gasteiger partial charge < -0.3 is 15.4 Å². The molecule has 1 rings (SSSR count). The van der Waals surface area contributed by atoms with Gasteiger partial charge in [0.2, 0.25) is 0 Å². The van der Waals surface area contributed by atoms with Crippen LogP contribution in [0.4, 0.5) is 10.1 Å². The summed E-state index contributed by atoms with van der Waals surface area (Å²) in [5.74, 6) is -0.294. The van der Waals surface area contributed by atoms with Crippen molar-refractivity contribution < 1.29 is 9.13 Å². The third kappa shape index (κ3) is 4.88. The molecule has 0 fully saturated rings. The predicted octanol–water partition coefficient (Wildman–Crippen LogP) is 3.30. The molecule has 0 spiro atoms. The summed E-state index contributed by atoms with van der Waals surface area (Å²) in [6.45, 7) is 2.63. The Bertz CT molecular complexity index is 417. The maximum Gasteiger partial charge on any atom is 0.171 e. The number of halogens is 2. The standard InChI is InChI=1S/C12H16BrFN2OS/c1-3-9(7-17-2)15-12(18)16-11-5-4-8(14)6-10(11)13/h4-6,9H,3,7H2,1-2H3,(H2,15,16,18). The highest BCUT2D eigenvalue weighted by Crippen LogP contribution is 2.22. The molecule has 0 saturated heterocycles. The van der Waals surface area contributed by atoms with Gasteiger partial charge in [-0.15, -0.1) is 0 Å². The lowest BCUT2D eigenvalue weighted by Crippen LogP contribution is -2.40. The smallest absolute Gasteiger partial charge is 0.171 e. The quantitative estimate of drug-likeness (QED) is 0.809. The van der Waals surface area contributed by atoms with Crippen LogP contribution in [0, 0.1) is 5.82 Å². The summed E-state index contributed by atoms with van der Waals surface area (Å²) in [7, 11) is 1.65. The topological polar surface area (TPSA) is 33.3 Å². The summed E-state index contributed by atoms with van der Waals surface area (Å²) in [4.78, 5) is 0. The highest BCUT2D eigenvalue weighted by atomic mass is 79.9. The van der Waals surface area contributed by atoms with Crippen LogP contribution in [0.25, 0.3) is 0 Å². The van der Waals surface area contributed by atoms with Crippen LogP contribution in [0.3, 0.4) is 0 Å². The zero-order valence-corrected chi connectivity index (χ0v) is 12.7. The van der Waals surface area contributed by atoms with E-state index in [9.17, 15) is 4.39 Å². The van der Waals surface area contributed by atoms with Gasteiger partial charge in [0.05, 0.1) is 18.3 Å². The van der Waals surface area contributed by atoms with Crippen LogP contribution in [0.2, 0.25) is 0 Å². The van der Waals surface area contributed by atoms with Crippen molar-refractivity contribution in [2.45, 2.75) is 19.4 Å². The van der Waals surface area contributed by atoms with Crippen molar-refractivity contribution in [2.24, 2.45) is 0 Å². The molecule has 0 saturated carbocycles. The first-order chi connectivity index (χ1) is 8.56. The minimum absolute atomic E-state index is 0.161. The predicted molar refractivity (Wildman–Crippen MR) is 79.4 cm³/mol. The second-order valence-electron chi connectivity index (χ2n) is 3.78. The monoisotopic (exact) mass is 334 g/mol. The third-order valence-corrected chi connectivity index (χ3v) is 3.25. The Balaban J connectivity index is 2.58. The van der Waals surface area contributed by atoms with Gasteiger partial charge in [-0.3, -0.25) is 0 Å². The number of hydrogen-bond acceptors (Lipinski definition) is 2. The third-order valence-electron chi connectivity index (χ3n) is 2.38. The molecule has 18 heavy (non-hydrogen) atoms. The van der Waals surface area contributed by atoms with E-state index in [-0.39, 0.29) is 11.9 Å². The van der Waals surface area contributed by atoms with Crippen molar-refractivity contribution >= 4 is 38.9 Å². The summed E-state index contributed by atoms with van der Waals surface area (Å²) in [5.41, 5.74) is 0.723. The summed E-state index contributed by atoms with van der Waals surface area (Å²) in [6.07, 6.45) is 0.903. The Hall–Kier alpha value is -0.720. The van der Waals surface area contributed by atoms with Gasteiger partial charge in [0.1, 0.15) is 5.82 Å². The summed E-state index contributed by atoms with van der Waals surface area (Å²) in [5, 5.41) is 6.64. The normalized spacial score (nSPS) is 12.0. The van der Waals surface area contributed by atoms with Crippen molar-refractivity contribution in [1.29, 1.82) is 0 Å². The van der Waals surface area contributed by atoms with Crippen molar-refractivity contribution in [1.82, 2.24) is 5.32 Å². The van der Waals surface area contributed by atoms with Crippen LogP contribution in [0.1, 0.15) is 13.3 Å². The molecular weight excluding hydrogens is 319 g/mol. The second kappa shape index (κ2) is 7.66. The van der Waals surface area contributed by atoms with Crippen molar-refractivity contribution in [2.75, 3.05) is 19.0 Å². The minimum Gasteiger partial charge on any atom is -0.383 e. The van der Waals surface area contributed by atoms with E-state index in [1.54, 1.807) is 13.2 Å². The lowest BCUT2D eigenvalue weighted by molar-refractivity contribution is 0.172. The SMILES string of the molecule is CCC(COC)NC(=S)Nc1ccc(F)cc1Br. The molecule has 3 nitrogen and oxygen atoms in total. The summed E-state index contributed by atoms with van der Waals surface area (Å²) in [6, 6.07) is 4.55. The molecule has 0 aliphatic carbocycles. The number of nitrogens with one attached hydrogen (secondary N) is 2. The molecule has 0 bridgehead atoms. The first-order valence-electron chi connectivity index (χ1n) is 5.58. The van der Waals surface area contributed by atoms with E-state index in [0.717, 1.165) is 12.1 Å². The molecule has 0 heterocycles. The van der Waals surface area contributed by atoms with Gasteiger partial charge >= 0.3 is 0 Å². The molecule has 0 radical (unpaired) electrons. The van der Waals surface area contributed by atoms with E-state index in [2.05, 4.69) is 26.6 Å². The van der Waals surface area contributed by atoms with Gasteiger partial charge in [0, 0.05) is 11.6 Å². The Morgan fingerprint density at radius 1 is 1.56 bits per heavy atom. The largest absolute Gasteiger partial charge is 0.383 e.